The summed E-state index contributed by atoms with van der Waals surface area (Å²) in [5, 5.41) is 14.2. The molecule has 0 aromatic carbocycles. The maximum atomic E-state index is 13.2. The number of alkyl halides is 2. The Morgan fingerprint density at radius 1 is 1.55 bits per heavy atom. The fraction of sp³-hybridized carbons (Fsp3) is 0.364. The third-order valence-electron chi connectivity index (χ3n) is 3.24. The molecule has 0 radical (unpaired) electrons. The summed E-state index contributed by atoms with van der Waals surface area (Å²) in [6, 6.07) is -1.72. The second-order valence-electron chi connectivity index (χ2n) is 4.50. The van der Waals surface area contributed by atoms with Crippen molar-refractivity contribution in [1.29, 1.82) is 0 Å². The molecule has 0 spiro atoms. The number of aromatic nitrogens is 1. The molecule has 3 heterocycles. The van der Waals surface area contributed by atoms with Crippen molar-refractivity contribution in [2.24, 2.45) is 0 Å². The molecule has 8 nitrogen and oxygen atoms in total. The number of hydrogen-bond acceptors (Lipinski definition) is 6. The molecule has 0 N–H and O–H groups in total. The van der Waals surface area contributed by atoms with Crippen LogP contribution < -0.4 is 24.0 Å². The molecule has 1 saturated heterocycles. The molecule has 1 aromatic rings. The van der Waals surface area contributed by atoms with Gasteiger partial charge in [-0.15, -0.1) is 0 Å². The predicted octanol–water partition coefficient (Wildman–Crippen LogP) is -3.54. The standard InChI is InChI=1S/C11H9F2N3O5.Li/c12-11(13,9(17)18)21-16-8-4-15(10(16)19)2-1-7(8)6-3-14-20-5-6;/h1,3,5,8H,2,4H2,(H,17,18);/q;+1/p-1. The summed E-state index contributed by atoms with van der Waals surface area (Å²) in [7, 11) is 0. The number of halogens is 2. The number of carboxylic acid groups (broad SMARTS) is 1. The Balaban J connectivity index is 0.00000176. The number of carbonyl (C=O) groups excluding carboxylic acids is 2. The zero-order valence-electron chi connectivity index (χ0n) is 11.4. The van der Waals surface area contributed by atoms with Crippen molar-refractivity contribution in [2.45, 2.75) is 12.2 Å². The fourth-order valence-corrected chi connectivity index (χ4v) is 2.28. The second kappa shape index (κ2) is 5.72. The molecule has 2 aliphatic rings. The summed E-state index contributed by atoms with van der Waals surface area (Å²) < 4.78 is 31.0. The summed E-state index contributed by atoms with van der Waals surface area (Å²) in [5.41, 5.74) is 0.993. The van der Waals surface area contributed by atoms with E-state index in [0.29, 0.717) is 16.2 Å². The third-order valence-corrected chi connectivity index (χ3v) is 3.24. The number of carboxylic acids is 1. The van der Waals surface area contributed by atoms with Gasteiger partial charge in [-0.05, 0) is 5.57 Å². The molecule has 22 heavy (non-hydrogen) atoms. The molecule has 2 aliphatic heterocycles. The first kappa shape index (κ1) is 16.5. The van der Waals surface area contributed by atoms with Crippen LogP contribution in [0.15, 0.2) is 23.1 Å². The van der Waals surface area contributed by atoms with E-state index in [2.05, 4.69) is 14.5 Å². The molecule has 2 amide bonds. The average molecular weight is 307 g/mol. The van der Waals surface area contributed by atoms with E-state index in [-0.39, 0.29) is 32.0 Å². The Morgan fingerprint density at radius 2 is 2.27 bits per heavy atom. The molecule has 1 fully saturated rings. The van der Waals surface area contributed by atoms with Gasteiger partial charge in [0.15, 0.2) is 0 Å². The van der Waals surface area contributed by atoms with Gasteiger partial charge < -0.3 is 19.3 Å². The minimum Gasteiger partial charge on any atom is -0.542 e. The zero-order valence-corrected chi connectivity index (χ0v) is 11.4. The maximum absolute atomic E-state index is 13.2. The SMILES string of the molecule is O=C1N2CC=C(c3cnoc3)C(C2)N1OC(F)(F)C(=O)[O-].[Li+]. The molecule has 2 bridgehead atoms. The normalized spacial score (nSPS) is 20.7. The Bertz CT molecular complexity index is 621. The van der Waals surface area contributed by atoms with Crippen LogP contribution in [-0.2, 0) is 9.63 Å². The minimum absolute atomic E-state index is 0. The van der Waals surface area contributed by atoms with Crippen LogP contribution in [0.25, 0.3) is 5.57 Å². The van der Waals surface area contributed by atoms with E-state index in [4.69, 9.17) is 0 Å². The number of urea groups is 1. The summed E-state index contributed by atoms with van der Waals surface area (Å²) in [6.45, 7) is 0.283. The van der Waals surface area contributed by atoms with Crippen molar-refractivity contribution >= 4 is 17.6 Å². The monoisotopic (exact) mass is 307 g/mol. The van der Waals surface area contributed by atoms with E-state index < -0.39 is 24.2 Å². The van der Waals surface area contributed by atoms with Gasteiger partial charge >= 0.3 is 31.0 Å². The Kier molecular flexibility index (Phi) is 4.28. The second-order valence-corrected chi connectivity index (χ2v) is 4.50. The van der Waals surface area contributed by atoms with Crippen molar-refractivity contribution in [3.63, 3.8) is 0 Å². The summed E-state index contributed by atoms with van der Waals surface area (Å²) >= 11 is 0. The van der Waals surface area contributed by atoms with E-state index in [1.807, 2.05) is 0 Å². The van der Waals surface area contributed by atoms with E-state index in [1.54, 1.807) is 6.08 Å². The first-order valence-electron chi connectivity index (χ1n) is 5.86. The van der Waals surface area contributed by atoms with Gasteiger partial charge in [0, 0.05) is 12.1 Å². The Hall–Kier alpha value is -1.89. The predicted molar refractivity (Wildman–Crippen MR) is 58.1 cm³/mol. The van der Waals surface area contributed by atoms with Gasteiger partial charge in [0.25, 0.3) is 0 Å². The van der Waals surface area contributed by atoms with Gasteiger partial charge in [-0.25, -0.2) is 4.79 Å². The molecule has 1 aromatic heterocycles. The Morgan fingerprint density at radius 3 is 2.86 bits per heavy atom. The van der Waals surface area contributed by atoms with Gasteiger partial charge in [0.2, 0.25) is 0 Å². The van der Waals surface area contributed by atoms with Gasteiger partial charge in [-0.2, -0.15) is 18.7 Å². The summed E-state index contributed by atoms with van der Waals surface area (Å²) in [6.07, 6.45) is -0.314. The van der Waals surface area contributed by atoms with Crippen LogP contribution in [0.3, 0.4) is 0 Å². The maximum Gasteiger partial charge on any atom is 1.00 e. The number of hydroxylamine groups is 2. The molecule has 112 valence electrons. The fourth-order valence-electron chi connectivity index (χ4n) is 2.28. The van der Waals surface area contributed by atoms with Crippen LogP contribution in [0.2, 0.25) is 0 Å². The number of aliphatic carboxylic acids is 1. The quantitative estimate of drug-likeness (QED) is 0.534. The van der Waals surface area contributed by atoms with Crippen LogP contribution >= 0.6 is 0 Å². The third kappa shape index (κ3) is 2.60. The number of rotatable bonds is 4. The largest absolute Gasteiger partial charge is 1.00 e. The van der Waals surface area contributed by atoms with Gasteiger partial charge in [-0.1, -0.05) is 11.2 Å². The van der Waals surface area contributed by atoms with E-state index in [1.165, 1.54) is 17.4 Å². The Labute approximate surface area is 134 Å². The van der Waals surface area contributed by atoms with Gasteiger partial charge in [-0.3, -0.25) is 0 Å². The smallest absolute Gasteiger partial charge is 0.542 e. The van der Waals surface area contributed by atoms with E-state index >= 15 is 0 Å². The molecule has 1 unspecified atom stereocenters. The van der Waals surface area contributed by atoms with E-state index in [9.17, 15) is 23.5 Å². The molecule has 11 heteroatoms. The van der Waals surface area contributed by atoms with Gasteiger partial charge in [0.1, 0.15) is 18.3 Å². The first-order valence-corrected chi connectivity index (χ1v) is 5.86. The molecule has 0 aliphatic carbocycles. The topological polar surface area (TPSA) is 98.9 Å². The molecule has 1 atom stereocenters. The minimum atomic E-state index is -4.60. The van der Waals surface area contributed by atoms with Crippen LogP contribution in [0.5, 0.6) is 0 Å². The van der Waals surface area contributed by atoms with Gasteiger partial charge in [0.05, 0.1) is 12.7 Å². The van der Waals surface area contributed by atoms with E-state index in [0.717, 1.165) is 0 Å². The number of fused-ring (bicyclic) bond motifs is 2. The first-order chi connectivity index (χ1) is 9.90. The van der Waals surface area contributed by atoms with Crippen molar-refractivity contribution in [2.75, 3.05) is 13.1 Å². The van der Waals surface area contributed by atoms with Crippen molar-refractivity contribution < 1.29 is 51.7 Å². The zero-order chi connectivity index (χ0) is 15.2. The molecular weight excluding hydrogens is 299 g/mol. The van der Waals surface area contributed by atoms with Crippen LogP contribution in [-0.4, -0.2) is 52.4 Å². The summed E-state index contributed by atoms with van der Waals surface area (Å²) in [5.74, 6) is -2.72. The van der Waals surface area contributed by atoms with Crippen molar-refractivity contribution in [1.82, 2.24) is 15.1 Å². The van der Waals surface area contributed by atoms with Crippen LogP contribution in [0.4, 0.5) is 13.6 Å². The summed E-state index contributed by atoms with van der Waals surface area (Å²) in [4.78, 5) is 27.6. The number of hydrogen-bond donors (Lipinski definition) is 0. The van der Waals surface area contributed by atoms with Crippen molar-refractivity contribution in [3.8, 4) is 0 Å². The number of nitrogens with zero attached hydrogens (tertiary/aromatic N) is 3. The van der Waals surface area contributed by atoms with Crippen molar-refractivity contribution in [3.05, 3.63) is 24.1 Å². The van der Waals surface area contributed by atoms with Crippen LogP contribution in [0.1, 0.15) is 5.56 Å². The molecule has 3 rings (SSSR count). The number of amides is 2. The average Bonchev–Trinajstić information content (AvgIpc) is 3.03. The molecule has 0 saturated carbocycles. The number of carbonyl (C=O) groups is 2. The van der Waals surface area contributed by atoms with Crippen LogP contribution in [0, 0.1) is 0 Å². The molecular formula is C11H8F2LiN3O5.